The largest absolute Gasteiger partial charge is 0.385 e. The van der Waals surface area contributed by atoms with Gasteiger partial charge >= 0.3 is 0 Å². The van der Waals surface area contributed by atoms with Gasteiger partial charge in [-0.1, -0.05) is 85.5 Å². The van der Waals surface area contributed by atoms with Gasteiger partial charge in [-0.25, -0.2) is 0 Å². The number of rotatable bonds is 7. The highest BCUT2D eigenvalue weighted by Gasteiger charge is 2.38. The standard InChI is InChI=1S/C22H30OSi/c1-18(24(3,4)5)21(17-16-19-12-8-6-9-13-19)22(2,23)20-14-10-7-11-15-20/h6-15,21,23H,1,16-17H2,2-5H3. The number of aryl methyl sites for hydroxylation is 1. The fraction of sp³-hybridized carbons (Fsp3) is 0.364. The summed E-state index contributed by atoms with van der Waals surface area (Å²) in [7, 11) is -1.56. The van der Waals surface area contributed by atoms with Crippen LogP contribution in [-0.4, -0.2) is 13.2 Å². The lowest BCUT2D eigenvalue weighted by atomic mass is 9.79. The van der Waals surface area contributed by atoms with E-state index in [9.17, 15) is 5.11 Å². The minimum atomic E-state index is -1.56. The first-order chi connectivity index (χ1) is 11.2. The molecule has 0 saturated heterocycles. The van der Waals surface area contributed by atoms with E-state index < -0.39 is 13.7 Å². The van der Waals surface area contributed by atoms with Crippen molar-refractivity contribution < 1.29 is 5.11 Å². The van der Waals surface area contributed by atoms with Crippen molar-refractivity contribution in [1.29, 1.82) is 0 Å². The molecule has 1 nitrogen and oxygen atoms in total. The molecule has 2 unspecified atom stereocenters. The molecule has 0 spiro atoms. The molecule has 0 aromatic heterocycles. The van der Waals surface area contributed by atoms with Gasteiger partial charge in [-0.05, 0) is 30.9 Å². The van der Waals surface area contributed by atoms with Gasteiger partial charge in [-0.15, -0.1) is 6.58 Å². The SMILES string of the molecule is C=C(C(CCc1ccccc1)C(C)(O)c1ccccc1)[Si](C)(C)C. The molecule has 2 aromatic rings. The van der Waals surface area contributed by atoms with Crippen LogP contribution in [0.4, 0.5) is 0 Å². The summed E-state index contributed by atoms with van der Waals surface area (Å²) in [6.07, 6.45) is 1.87. The zero-order chi connectivity index (χ0) is 17.8. The summed E-state index contributed by atoms with van der Waals surface area (Å²) in [6.45, 7) is 13.3. The van der Waals surface area contributed by atoms with Crippen molar-refractivity contribution in [2.45, 2.75) is 45.0 Å². The summed E-state index contributed by atoms with van der Waals surface area (Å²) in [5.41, 5.74) is 1.39. The molecule has 0 aliphatic carbocycles. The highest BCUT2D eigenvalue weighted by atomic mass is 28.3. The Morgan fingerprint density at radius 3 is 2.00 bits per heavy atom. The third-order valence-corrected chi connectivity index (χ3v) is 7.26. The van der Waals surface area contributed by atoms with Crippen molar-refractivity contribution >= 4 is 8.07 Å². The van der Waals surface area contributed by atoms with E-state index in [-0.39, 0.29) is 5.92 Å². The number of hydrogen-bond acceptors (Lipinski definition) is 1. The maximum atomic E-state index is 11.4. The Hall–Kier alpha value is -1.64. The number of hydrogen-bond donors (Lipinski definition) is 1. The zero-order valence-corrected chi connectivity index (χ0v) is 16.4. The van der Waals surface area contributed by atoms with Crippen LogP contribution in [0.1, 0.15) is 24.5 Å². The van der Waals surface area contributed by atoms with Gasteiger partial charge in [0.1, 0.15) is 0 Å². The molecule has 0 bridgehead atoms. The van der Waals surface area contributed by atoms with Crippen LogP contribution in [0, 0.1) is 5.92 Å². The first kappa shape index (κ1) is 18.7. The number of aliphatic hydroxyl groups is 1. The molecule has 2 aromatic carbocycles. The average Bonchev–Trinajstić information content (AvgIpc) is 2.55. The van der Waals surface area contributed by atoms with Gasteiger partial charge in [-0.3, -0.25) is 0 Å². The Balaban J connectivity index is 2.30. The molecule has 0 fully saturated rings. The molecule has 0 aliphatic rings. The Labute approximate surface area is 148 Å². The molecule has 0 amide bonds. The maximum absolute atomic E-state index is 11.4. The lowest BCUT2D eigenvalue weighted by Crippen LogP contribution is -2.40. The van der Waals surface area contributed by atoms with Crippen LogP contribution in [0.25, 0.3) is 0 Å². The summed E-state index contributed by atoms with van der Waals surface area (Å²) in [4.78, 5) is 0. The summed E-state index contributed by atoms with van der Waals surface area (Å²) in [5.74, 6) is 0.0618. The monoisotopic (exact) mass is 338 g/mol. The molecule has 24 heavy (non-hydrogen) atoms. The van der Waals surface area contributed by atoms with Crippen molar-refractivity contribution in [3.8, 4) is 0 Å². The Morgan fingerprint density at radius 2 is 1.50 bits per heavy atom. The Morgan fingerprint density at radius 1 is 1.00 bits per heavy atom. The van der Waals surface area contributed by atoms with Gasteiger partial charge in [-0.2, -0.15) is 0 Å². The molecule has 0 aliphatic heterocycles. The molecule has 2 atom stereocenters. The smallest absolute Gasteiger partial charge is 0.0929 e. The molecule has 0 heterocycles. The van der Waals surface area contributed by atoms with Gasteiger partial charge in [0.25, 0.3) is 0 Å². The van der Waals surface area contributed by atoms with E-state index in [0.29, 0.717) is 0 Å². The average molecular weight is 339 g/mol. The third-order valence-electron chi connectivity index (χ3n) is 4.99. The van der Waals surface area contributed by atoms with Crippen molar-refractivity contribution in [3.05, 3.63) is 83.6 Å². The fourth-order valence-electron chi connectivity index (χ4n) is 3.25. The molecule has 2 rings (SSSR count). The second-order valence-electron chi connectivity index (χ2n) is 7.87. The normalized spacial score (nSPS) is 15.5. The summed E-state index contributed by atoms with van der Waals surface area (Å²) >= 11 is 0. The minimum absolute atomic E-state index is 0.0618. The van der Waals surface area contributed by atoms with Gasteiger partial charge in [0, 0.05) is 5.92 Å². The quantitative estimate of drug-likeness (QED) is 0.654. The van der Waals surface area contributed by atoms with Crippen LogP contribution < -0.4 is 0 Å². The predicted molar refractivity (Wildman–Crippen MR) is 107 cm³/mol. The van der Waals surface area contributed by atoms with E-state index in [2.05, 4.69) is 50.5 Å². The van der Waals surface area contributed by atoms with Crippen molar-refractivity contribution in [1.82, 2.24) is 0 Å². The lowest BCUT2D eigenvalue weighted by Gasteiger charge is -2.39. The first-order valence-electron chi connectivity index (χ1n) is 8.74. The van der Waals surface area contributed by atoms with Gasteiger partial charge in [0.05, 0.1) is 13.7 Å². The van der Waals surface area contributed by atoms with E-state index in [1.807, 2.05) is 43.3 Å². The first-order valence-corrected chi connectivity index (χ1v) is 12.2. The van der Waals surface area contributed by atoms with E-state index in [1.165, 1.54) is 10.8 Å². The van der Waals surface area contributed by atoms with Crippen molar-refractivity contribution in [2.75, 3.05) is 0 Å². The summed E-state index contributed by atoms with van der Waals surface area (Å²) in [6, 6.07) is 20.5. The topological polar surface area (TPSA) is 20.2 Å². The van der Waals surface area contributed by atoms with Gasteiger partial charge in [0.2, 0.25) is 0 Å². The molecule has 0 saturated carbocycles. The van der Waals surface area contributed by atoms with E-state index in [4.69, 9.17) is 0 Å². The molecular formula is C22H30OSi. The molecule has 128 valence electrons. The van der Waals surface area contributed by atoms with Crippen LogP contribution in [0.2, 0.25) is 19.6 Å². The second kappa shape index (κ2) is 7.50. The van der Waals surface area contributed by atoms with Crippen LogP contribution in [0.15, 0.2) is 72.4 Å². The minimum Gasteiger partial charge on any atom is -0.385 e. The van der Waals surface area contributed by atoms with E-state index >= 15 is 0 Å². The van der Waals surface area contributed by atoms with Crippen LogP contribution in [-0.2, 0) is 12.0 Å². The second-order valence-corrected chi connectivity index (χ2v) is 13.0. The van der Waals surface area contributed by atoms with Gasteiger partial charge in [0.15, 0.2) is 0 Å². The fourth-order valence-corrected chi connectivity index (χ4v) is 4.72. The zero-order valence-electron chi connectivity index (χ0n) is 15.4. The van der Waals surface area contributed by atoms with E-state index in [0.717, 1.165) is 18.4 Å². The highest BCUT2D eigenvalue weighted by Crippen LogP contribution is 2.39. The lowest BCUT2D eigenvalue weighted by molar-refractivity contribution is 0.00817. The van der Waals surface area contributed by atoms with Crippen molar-refractivity contribution in [3.63, 3.8) is 0 Å². The molecule has 0 radical (unpaired) electrons. The maximum Gasteiger partial charge on any atom is 0.0929 e. The molecular weight excluding hydrogens is 308 g/mol. The Bertz CT molecular complexity index is 653. The molecule has 2 heteroatoms. The van der Waals surface area contributed by atoms with E-state index in [1.54, 1.807) is 0 Å². The highest BCUT2D eigenvalue weighted by molar-refractivity contribution is 6.83. The molecule has 1 N–H and O–H groups in total. The predicted octanol–water partition coefficient (Wildman–Crippen LogP) is 5.58. The van der Waals surface area contributed by atoms with Crippen molar-refractivity contribution in [2.24, 2.45) is 5.92 Å². The van der Waals surface area contributed by atoms with Crippen LogP contribution in [0.5, 0.6) is 0 Å². The van der Waals surface area contributed by atoms with Gasteiger partial charge < -0.3 is 5.11 Å². The Kier molecular flexibility index (Phi) is 5.84. The third kappa shape index (κ3) is 4.46. The summed E-state index contributed by atoms with van der Waals surface area (Å²) < 4.78 is 0. The van der Waals surface area contributed by atoms with Crippen LogP contribution >= 0.6 is 0 Å². The van der Waals surface area contributed by atoms with Crippen LogP contribution in [0.3, 0.4) is 0 Å². The number of benzene rings is 2. The summed E-state index contributed by atoms with van der Waals surface area (Å²) in [5, 5.41) is 12.7.